The molecule has 1 aromatic carbocycles. The molecule has 94 valence electrons. The first-order valence-corrected chi connectivity index (χ1v) is 5.80. The van der Waals surface area contributed by atoms with Crippen molar-refractivity contribution in [1.82, 2.24) is 0 Å². The maximum atomic E-state index is 13.3. The molecule has 0 bridgehead atoms. The molecule has 1 atom stereocenters. The van der Waals surface area contributed by atoms with E-state index in [1.165, 1.54) is 12.1 Å². The van der Waals surface area contributed by atoms with Crippen molar-refractivity contribution in [3.05, 3.63) is 40.6 Å². The first-order valence-electron chi connectivity index (χ1n) is 4.65. The van der Waals surface area contributed by atoms with Crippen LogP contribution < -0.4 is 0 Å². The predicted octanol–water partition coefficient (Wildman–Crippen LogP) is 3.87. The van der Waals surface area contributed by atoms with Crippen LogP contribution in [0.25, 0.3) is 0 Å². The lowest BCUT2D eigenvalue weighted by Crippen LogP contribution is -2.12. The van der Waals surface area contributed by atoms with Gasteiger partial charge in [0.1, 0.15) is 10.8 Å². The van der Waals surface area contributed by atoms with E-state index in [9.17, 15) is 21.8 Å². The van der Waals surface area contributed by atoms with Crippen LogP contribution >= 0.6 is 0 Å². The molecule has 0 N–H and O–H groups in total. The Labute approximate surface area is 98.6 Å². The normalized spacial score (nSPS) is 15.4. The minimum Gasteiger partial charge on any atom is -0.247 e. The summed E-state index contributed by atoms with van der Waals surface area (Å²) in [6.07, 6.45) is -4.80. The fourth-order valence-corrected chi connectivity index (χ4v) is 2.00. The first kappa shape index (κ1) is 13.9. The molecule has 1 aromatic rings. The highest BCUT2D eigenvalue weighted by atomic mass is 32.2. The highest BCUT2D eigenvalue weighted by molar-refractivity contribution is 7.88. The molecule has 0 heterocycles. The van der Waals surface area contributed by atoms with Crippen LogP contribution in [0.2, 0.25) is 0 Å². The van der Waals surface area contributed by atoms with Crippen molar-refractivity contribution in [3.8, 4) is 0 Å². The van der Waals surface area contributed by atoms with Crippen molar-refractivity contribution >= 4 is 10.8 Å². The van der Waals surface area contributed by atoms with E-state index in [-0.39, 0.29) is 4.90 Å². The van der Waals surface area contributed by atoms with Crippen molar-refractivity contribution < 1.29 is 21.8 Å². The Morgan fingerprint density at radius 1 is 1.18 bits per heavy atom. The Morgan fingerprint density at radius 3 is 2.06 bits per heavy atom. The molecule has 0 radical (unpaired) electrons. The molecule has 0 spiro atoms. The Kier molecular flexibility index (Phi) is 4.08. The van der Waals surface area contributed by atoms with Gasteiger partial charge < -0.3 is 0 Å². The summed E-state index contributed by atoms with van der Waals surface area (Å²) in [5.74, 6) is 0. The molecule has 0 aliphatic carbocycles. The smallest absolute Gasteiger partial charge is 0.247 e. The zero-order chi connectivity index (χ0) is 13.2. The van der Waals surface area contributed by atoms with E-state index in [2.05, 4.69) is 0 Å². The van der Waals surface area contributed by atoms with Gasteiger partial charge in [-0.15, -0.1) is 0 Å². The molecule has 0 saturated heterocycles. The highest BCUT2D eigenvalue weighted by Gasteiger charge is 2.35. The van der Waals surface area contributed by atoms with E-state index in [0.29, 0.717) is 6.92 Å². The monoisotopic (exact) mass is 266 g/mol. The fourth-order valence-electron chi connectivity index (χ4n) is 1.02. The largest absolute Gasteiger partial charge is 0.415 e. The maximum Gasteiger partial charge on any atom is 0.415 e. The first-order chi connectivity index (χ1) is 7.73. The van der Waals surface area contributed by atoms with Crippen molar-refractivity contribution in [2.45, 2.75) is 24.9 Å². The highest BCUT2D eigenvalue weighted by Crippen LogP contribution is 2.31. The van der Waals surface area contributed by atoms with Crippen LogP contribution in [0.1, 0.15) is 12.5 Å². The third-order valence-corrected chi connectivity index (χ3v) is 3.45. The van der Waals surface area contributed by atoms with Gasteiger partial charge in [-0.25, -0.2) is 4.21 Å². The van der Waals surface area contributed by atoms with Gasteiger partial charge >= 0.3 is 6.18 Å². The summed E-state index contributed by atoms with van der Waals surface area (Å²) in [5.41, 5.74) is -0.612. The predicted molar refractivity (Wildman–Crippen MR) is 57.5 cm³/mol. The molecule has 0 aromatic heterocycles. The van der Waals surface area contributed by atoms with Crippen molar-refractivity contribution in [1.29, 1.82) is 0 Å². The molecule has 0 saturated carbocycles. The van der Waals surface area contributed by atoms with E-state index in [1.807, 2.05) is 0 Å². The van der Waals surface area contributed by atoms with E-state index in [4.69, 9.17) is 0 Å². The number of allylic oxidation sites excluding steroid dienone is 1. The Bertz CT molecular complexity index is 459. The number of halogens is 4. The number of aryl methyl sites for hydroxylation is 1. The molecule has 17 heavy (non-hydrogen) atoms. The van der Waals surface area contributed by atoms with E-state index >= 15 is 0 Å². The lowest BCUT2D eigenvalue weighted by atomic mass is 10.2. The second-order valence-electron chi connectivity index (χ2n) is 3.48. The van der Waals surface area contributed by atoms with Crippen LogP contribution in [0.4, 0.5) is 17.6 Å². The summed E-state index contributed by atoms with van der Waals surface area (Å²) < 4.78 is 61.5. The zero-order valence-corrected chi connectivity index (χ0v) is 9.95. The maximum absolute atomic E-state index is 13.3. The molecular formula is C11H10F4OS. The van der Waals surface area contributed by atoms with Crippen LogP contribution in [0.5, 0.6) is 0 Å². The molecule has 1 rings (SSSR count). The van der Waals surface area contributed by atoms with Crippen molar-refractivity contribution in [3.63, 3.8) is 0 Å². The van der Waals surface area contributed by atoms with Crippen molar-refractivity contribution in [2.75, 3.05) is 0 Å². The molecule has 1 nitrogen and oxygen atoms in total. The molecule has 0 fully saturated rings. The zero-order valence-electron chi connectivity index (χ0n) is 9.14. The van der Waals surface area contributed by atoms with Crippen LogP contribution in [-0.4, -0.2) is 10.4 Å². The van der Waals surface area contributed by atoms with Gasteiger partial charge in [0.2, 0.25) is 0 Å². The van der Waals surface area contributed by atoms with Crippen LogP contribution in [0.15, 0.2) is 39.9 Å². The summed E-state index contributed by atoms with van der Waals surface area (Å²) in [5, 5.41) is -1.65. The number of rotatable bonds is 2. The number of hydrogen-bond donors (Lipinski definition) is 0. The van der Waals surface area contributed by atoms with Crippen LogP contribution in [-0.2, 0) is 10.8 Å². The number of benzene rings is 1. The van der Waals surface area contributed by atoms with Gasteiger partial charge in [0, 0.05) is 4.90 Å². The van der Waals surface area contributed by atoms with Gasteiger partial charge in [0.25, 0.3) is 0 Å². The van der Waals surface area contributed by atoms with Crippen molar-refractivity contribution in [2.24, 2.45) is 0 Å². The van der Waals surface area contributed by atoms with Gasteiger partial charge in [-0.1, -0.05) is 17.7 Å². The molecule has 0 amide bonds. The molecule has 0 aliphatic heterocycles. The number of hydrogen-bond acceptors (Lipinski definition) is 1. The summed E-state index contributed by atoms with van der Waals surface area (Å²) in [4.78, 5) is 0.0108. The quantitative estimate of drug-likeness (QED) is 0.743. The molecule has 1 unspecified atom stereocenters. The van der Waals surface area contributed by atoms with Crippen LogP contribution in [0.3, 0.4) is 0 Å². The van der Waals surface area contributed by atoms with E-state index in [0.717, 1.165) is 5.56 Å². The van der Waals surface area contributed by atoms with Gasteiger partial charge in [-0.3, -0.25) is 0 Å². The minimum absolute atomic E-state index is 0.0108. The molecular weight excluding hydrogens is 256 g/mol. The summed E-state index contributed by atoms with van der Waals surface area (Å²) in [7, 11) is -2.42. The average molecular weight is 266 g/mol. The average Bonchev–Trinajstić information content (AvgIpc) is 2.26. The third-order valence-electron chi connectivity index (χ3n) is 2.12. The topological polar surface area (TPSA) is 17.1 Å². The van der Waals surface area contributed by atoms with Gasteiger partial charge in [0.15, 0.2) is 5.16 Å². The van der Waals surface area contributed by atoms with Gasteiger partial charge in [-0.2, -0.15) is 17.6 Å². The van der Waals surface area contributed by atoms with Gasteiger partial charge in [-0.05, 0) is 26.0 Å². The van der Waals surface area contributed by atoms with Crippen LogP contribution in [0, 0.1) is 6.92 Å². The molecule has 6 heteroatoms. The van der Waals surface area contributed by atoms with Gasteiger partial charge in [0.05, 0.1) is 5.57 Å². The lowest BCUT2D eigenvalue weighted by Gasteiger charge is -2.08. The third kappa shape index (κ3) is 3.39. The number of alkyl halides is 3. The minimum atomic E-state index is -4.80. The fraction of sp³-hybridized carbons (Fsp3) is 0.273. The van der Waals surface area contributed by atoms with E-state index in [1.54, 1.807) is 19.1 Å². The lowest BCUT2D eigenvalue weighted by molar-refractivity contribution is -0.0925. The standard InChI is InChI=1S/C11H10F4OS/c1-7-3-5-9(6-4-7)17(16)10(12)8(2)11(13,14)15/h3-6H,1-2H3/b10-8+. The van der Waals surface area contributed by atoms with E-state index < -0.39 is 27.7 Å². The molecule has 0 aliphatic rings. The Morgan fingerprint density at radius 2 is 1.65 bits per heavy atom. The Hall–Kier alpha value is -1.17. The second-order valence-corrected chi connectivity index (χ2v) is 4.85. The SMILES string of the molecule is C/C(=C(/F)S(=O)c1ccc(C)cc1)C(F)(F)F. The summed E-state index contributed by atoms with van der Waals surface area (Å²) in [6.45, 7) is 2.33. The summed E-state index contributed by atoms with van der Waals surface area (Å²) >= 11 is 0. The second kappa shape index (κ2) is 5.00. The Balaban J connectivity index is 3.10. The summed E-state index contributed by atoms with van der Waals surface area (Å²) in [6, 6.07) is 5.80.